The van der Waals surface area contributed by atoms with Crippen molar-refractivity contribution in [2.45, 2.75) is 55.4 Å². The van der Waals surface area contributed by atoms with Gasteiger partial charge in [-0.05, 0) is 44.0 Å². The molecule has 1 N–H and O–H groups in total. The first kappa shape index (κ1) is 17.0. The molecule has 1 saturated carbocycles. The maximum atomic E-state index is 12.9. The number of thioether (sulfide) groups is 1. The van der Waals surface area contributed by atoms with E-state index in [1.54, 1.807) is 6.92 Å². The van der Waals surface area contributed by atoms with Crippen LogP contribution < -0.4 is 5.32 Å². The first-order chi connectivity index (χ1) is 11.6. The average molecular weight is 349 g/mol. The maximum absolute atomic E-state index is 12.9. The lowest BCUT2D eigenvalue weighted by Crippen LogP contribution is -2.22. The summed E-state index contributed by atoms with van der Waals surface area (Å²) < 4.78 is 18.6. The number of benzene rings is 1. The van der Waals surface area contributed by atoms with Crippen LogP contribution in [0.1, 0.15) is 50.8 Å². The summed E-state index contributed by atoms with van der Waals surface area (Å²) in [7, 11) is 0. The van der Waals surface area contributed by atoms with Crippen molar-refractivity contribution >= 4 is 23.4 Å². The van der Waals surface area contributed by atoms with E-state index in [4.69, 9.17) is 4.42 Å². The van der Waals surface area contributed by atoms with Crippen LogP contribution in [0, 0.1) is 5.82 Å². The van der Waals surface area contributed by atoms with Crippen LogP contribution in [0.5, 0.6) is 0 Å². The molecule has 128 valence electrons. The van der Waals surface area contributed by atoms with Gasteiger partial charge >= 0.3 is 0 Å². The smallest absolute Gasteiger partial charge is 0.277 e. The third kappa shape index (κ3) is 4.35. The van der Waals surface area contributed by atoms with Gasteiger partial charge in [-0.1, -0.05) is 31.0 Å². The van der Waals surface area contributed by atoms with Crippen molar-refractivity contribution in [2.75, 3.05) is 5.32 Å². The van der Waals surface area contributed by atoms with E-state index in [2.05, 4.69) is 15.5 Å². The first-order valence-electron chi connectivity index (χ1n) is 8.18. The SMILES string of the molecule is C[C@H](Sc1nnc(C2CCCCC2)o1)C(=O)Nc1ccc(F)cc1. The average Bonchev–Trinajstić information content (AvgIpc) is 3.06. The lowest BCUT2D eigenvalue weighted by atomic mass is 9.89. The van der Waals surface area contributed by atoms with Crippen molar-refractivity contribution in [3.05, 3.63) is 36.0 Å². The highest BCUT2D eigenvalue weighted by molar-refractivity contribution is 8.00. The fourth-order valence-corrected chi connectivity index (χ4v) is 3.45. The number of amides is 1. The van der Waals surface area contributed by atoms with Gasteiger partial charge in [0, 0.05) is 11.6 Å². The monoisotopic (exact) mass is 349 g/mol. The molecule has 5 nitrogen and oxygen atoms in total. The highest BCUT2D eigenvalue weighted by atomic mass is 32.2. The fourth-order valence-electron chi connectivity index (χ4n) is 2.76. The number of carbonyl (C=O) groups excluding carboxylic acids is 1. The lowest BCUT2D eigenvalue weighted by molar-refractivity contribution is -0.115. The van der Waals surface area contributed by atoms with E-state index in [0.29, 0.717) is 22.7 Å². The molecule has 0 unspecified atom stereocenters. The molecule has 0 saturated heterocycles. The van der Waals surface area contributed by atoms with Gasteiger partial charge in [0.1, 0.15) is 5.82 Å². The van der Waals surface area contributed by atoms with Crippen molar-refractivity contribution in [3.63, 3.8) is 0 Å². The molecule has 1 heterocycles. The Morgan fingerprint density at radius 2 is 1.96 bits per heavy atom. The van der Waals surface area contributed by atoms with Gasteiger partial charge in [0.25, 0.3) is 5.22 Å². The van der Waals surface area contributed by atoms with E-state index in [-0.39, 0.29) is 11.7 Å². The van der Waals surface area contributed by atoms with Crippen molar-refractivity contribution in [2.24, 2.45) is 0 Å². The summed E-state index contributed by atoms with van der Waals surface area (Å²) in [6, 6.07) is 5.67. The molecule has 24 heavy (non-hydrogen) atoms. The summed E-state index contributed by atoms with van der Waals surface area (Å²) in [5.74, 6) is 0.507. The van der Waals surface area contributed by atoms with Crippen molar-refractivity contribution in [1.29, 1.82) is 0 Å². The zero-order chi connectivity index (χ0) is 16.9. The van der Waals surface area contributed by atoms with Crippen LogP contribution in [0.2, 0.25) is 0 Å². The highest BCUT2D eigenvalue weighted by Crippen LogP contribution is 2.33. The minimum atomic E-state index is -0.394. The fraction of sp³-hybridized carbons (Fsp3) is 0.471. The van der Waals surface area contributed by atoms with Gasteiger partial charge in [-0.3, -0.25) is 4.79 Å². The van der Waals surface area contributed by atoms with Gasteiger partial charge < -0.3 is 9.73 Å². The third-order valence-electron chi connectivity index (χ3n) is 4.14. The zero-order valence-corrected chi connectivity index (χ0v) is 14.3. The molecular weight excluding hydrogens is 329 g/mol. The Hall–Kier alpha value is -1.89. The van der Waals surface area contributed by atoms with Crippen molar-refractivity contribution in [1.82, 2.24) is 10.2 Å². The molecule has 0 radical (unpaired) electrons. The van der Waals surface area contributed by atoms with Crippen molar-refractivity contribution in [3.8, 4) is 0 Å². The molecule has 1 aliphatic rings. The number of aromatic nitrogens is 2. The van der Waals surface area contributed by atoms with E-state index in [9.17, 15) is 9.18 Å². The summed E-state index contributed by atoms with van der Waals surface area (Å²) in [5.41, 5.74) is 0.558. The molecule has 2 aromatic rings. The molecule has 1 aliphatic carbocycles. The number of rotatable bonds is 5. The zero-order valence-electron chi connectivity index (χ0n) is 13.5. The summed E-state index contributed by atoms with van der Waals surface area (Å²) >= 11 is 1.23. The predicted octanol–water partition coefficient (Wildman–Crippen LogP) is 4.38. The molecule has 1 aromatic carbocycles. The number of hydrogen-bond acceptors (Lipinski definition) is 5. The molecule has 0 aliphatic heterocycles. The molecule has 1 amide bonds. The minimum Gasteiger partial charge on any atom is -0.416 e. The highest BCUT2D eigenvalue weighted by Gasteiger charge is 2.23. The van der Waals surface area contributed by atoms with E-state index < -0.39 is 5.25 Å². The molecule has 1 aromatic heterocycles. The number of hydrogen-bond donors (Lipinski definition) is 1. The Kier molecular flexibility index (Phi) is 5.50. The second kappa shape index (κ2) is 7.79. The van der Waals surface area contributed by atoms with Gasteiger partial charge in [0.15, 0.2) is 0 Å². The van der Waals surface area contributed by atoms with E-state index in [1.807, 2.05) is 0 Å². The van der Waals surface area contributed by atoms with Gasteiger partial charge in [0.05, 0.1) is 5.25 Å². The number of halogens is 1. The topological polar surface area (TPSA) is 68.0 Å². The summed E-state index contributed by atoms with van der Waals surface area (Å²) in [6.07, 6.45) is 5.85. The molecule has 1 fully saturated rings. The summed E-state index contributed by atoms with van der Waals surface area (Å²) in [4.78, 5) is 12.2. The Labute approximate surface area is 144 Å². The minimum absolute atomic E-state index is 0.191. The Bertz CT molecular complexity index is 683. The van der Waals surface area contributed by atoms with Crippen LogP contribution in [0.4, 0.5) is 10.1 Å². The Morgan fingerprint density at radius 1 is 1.25 bits per heavy atom. The van der Waals surface area contributed by atoms with Crippen LogP contribution in [0.3, 0.4) is 0 Å². The molecule has 1 atom stereocenters. The van der Waals surface area contributed by atoms with Gasteiger partial charge in [-0.25, -0.2) is 4.39 Å². The molecule has 0 spiro atoms. The summed E-state index contributed by atoms with van der Waals surface area (Å²) in [5, 5.41) is 10.9. The van der Waals surface area contributed by atoms with Crippen LogP contribution in [0.15, 0.2) is 33.9 Å². The second-order valence-electron chi connectivity index (χ2n) is 6.00. The lowest BCUT2D eigenvalue weighted by Gasteiger charge is -2.17. The van der Waals surface area contributed by atoms with Gasteiger partial charge in [-0.15, -0.1) is 10.2 Å². The van der Waals surface area contributed by atoms with Gasteiger partial charge in [-0.2, -0.15) is 0 Å². The van der Waals surface area contributed by atoms with E-state index >= 15 is 0 Å². The number of carbonyl (C=O) groups is 1. The largest absolute Gasteiger partial charge is 0.416 e. The first-order valence-corrected chi connectivity index (χ1v) is 9.06. The quantitative estimate of drug-likeness (QED) is 0.812. The molecular formula is C17H20FN3O2S. The predicted molar refractivity (Wildman–Crippen MR) is 90.5 cm³/mol. The van der Waals surface area contributed by atoms with E-state index in [1.165, 1.54) is 55.3 Å². The Morgan fingerprint density at radius 3 is 2.67 bits per heavy atom. The van der Waals surface area contributed by atoms with Crippen molar-refractivity contribution < 1.29 is 13.6 Å². The molecule has 3 rings (SSSR count). The Balaban J connectivity index is 1.55. The maximum Gasteiger partial charge on any atom is 0.277 e. The summed E-state index contributed by atoms with van der Waals surface area (Å²) in [6.45, 7) is 1.77. The van der Waals surface area contributed by atoms with Crippen LogP contribution in [-0.4, -0.2) is 21.4 Å². The van der Waals surface area contributed by atoms with Gasteiger partial charge in [0.2, 0.25) is 11.8 Å². The van der Waals surface area contributed by atoms with Crippen LogP contribution in [0.25, 0.3) is 0 Å². The molecule has 7 heteroatoms. The third-order valence-corrected chi connectivity index (χ3v) is 5.07. The normalized spacial score (nSPS) is 16.8. The standard InChI is InChI=1S/C17H20FN3O2S/c1-11(15(22)19-14-9-7-13(18)8-10-14)24-17-21-20-16(23-17)12-5-3-2-4-6-12/h7-12H,2-6H2,1H3,(H,19,22)/t11-/m0/s1. The van der Waals surface area contributed by atoms with Crippen LogP contribution in [-0.2, 0) is 4.79 Å². The van der Waals surface area contributed by atoms with E-state index in [0.717, 1.165) is 12.8 Å². The number of anilines is 1. The molecule has 0 bridgehead atoms. The van der Waals surface area contributed by atoms with Crippen LogP contribution >= 0.6 is 11.8 Å². The number of nitrogens with zero attached hydrogens (tertiary/aromatic N) is 2. The number of nitrogens with one attached hydrogen (secondary N) is 1. The second-order valence-corrected chi connectivity index (χ2v) is 7.29.